The van der Waals surface area contributed by atoms with Gasteiger partial charge in [-0.05, 0) is 31.0 Å². The average Bonchev–Trinajstić information content (AvgIpc) is 3.10. The number of rotatable bonds is 5. The number of hydrogen-bond acceptors (Lipinski definition) is 3. The monoisotopic (exact) mass is 323 g/mol. The number of thioether (sulfide) groups is 1. The molecule has 0 spiro atoms. The third-order valence-corrected chi connectivity index (χ3v) is 6.26. The molecule has 1 heterocycles. The molecular formula is C16H18ClNS2. The van der Waals surface area contributed by atoms with E-state index in [1.54, 1.807) is 11.3 Å². The minimum Gasteiger partial charge on any atom is -0.379 e. The highest BCUT2D eigenvalue weighted by atomic mass is 35.5. The first-order valence-electron chi connectivity index (χ1n) is 7.04. The van der Waals surface area contributed by atoms with E-state index in [9.17, 15) is 0 Å². The molecule has 0 amide bonds. The van der Waals surface area contributed by atoms with Crippen molar-refractivity contribution in [1.82, 2.24) is 0 Å². The highest BCUT2D eigenvalue weighted by Gasteiger charge is 2.17. The number of nitrogens with one attached hydrogen (secondary N) is 1. The van der Waals surface area contributed by atoms with Gasteiger partial charge in [0.15, 0.2) is 0 Å². The van der Waals surface area contributed by atoms with Crippen molar-refractivity contribution in [2.24, 2.45) is 0 Å². The van der Waals surface area contributed by atoms with E-state index < -0.39 is 0 Å². The van der Waals surface area contributed by atoms with E-state index in [4.69, 9.17) is 11.6 Å². The van der Waals surface area contributed by atoms with Crippen molar-refractivity contribution in [3.63, 3.8) is 0 Å². The summed E-state index contributed by atoms with van der Waals surface area (Å²) in [7, 11) is 0. The van der Waals surface area contributed by atoms with Gasteiger partial charge in [0, 0.05) is 32.6 Å². The van der Waals surface area contributed by atoms with Crippen molar-refractivity contribution >= 4 is 40.4 Å². The molecule has 106 valence electrons. The van der Waals surface area contributed by atoms with E-state index in [2.05, 4.69) is 29.6 Å². The predicted molar refractivity (Wildman–Crippen MR) is 91.2 cm³/mol. The van der Waals surface area contributed by atoms with Gasteiger partial charge in [-0.15, -0.1) is 23.1 Å². The summed E-state index contributed by atoms with van der Waals surface area (Å²) in [4.78, 5) is 2.65. The molecule has 0 saturated heterocycles. The lowest BCUT2D eigenvalue weighted by molar-refractivity contribution is 0.886. The standard InChI is InChI=1S/C16H18ClNS2/c17-12-9-14(19-11-12)10-18-15-7-3-4-8-16(15)20-13-5-1-2-6-13/h3-4,7-9,11,13,18H,1-2,5-6,10H2. The van der Waals surface area contributed by atoms with Crippen LogP contribution in [0.1, 0.15) is 30.6 Å². The molecule has 4 heteroatoms. The van der Waals surface area contributed by atoms with E-state index in [1.807, 2.05) is 23.2 Å². The van der Waals surface area contributed by atoms with Crippen molar-refractivity contribution in [3.8, 4) is 0 Å². The Hall–Kier alpha value is -0.640. The van der Waals surface area contributed by atoms with E-state index in [0.29, 0.717) is 0 Å². The summed E-state index contributed by atoms with van der Waals surface area (Å²) in [5.74, 6) is 0. The van der Waals surface area contributed by atoms with Crippen LogP contribution >= 0.6 is 34.7 Å². The van der Waals surface area contributed by atoms with Crippen LogP contribution in [0.15, 0.2) is 40.6 Å². The van der Waals surface area contributed by atoms with Gasteiger partial charge in [0.25, 0.3) is 0 Å². The first-order valence-corrected chi connectivity index (χ1v) is 9.17. The fourth-order valence-electron chi connectivity index (χ4n) is 2.53. The van der Waals surface area contributed by atoms with Gasteiger partial charge in [-0.1, -0.05) is 36.6 Å². The molecule has 3 rings (SSSR count). The maximum absolute atomic E-state index is 5.97. The summed E-state index contributed by atoms with van der Waals surface area (Å²) < 4.78 is 0. The SMILES string of the molecule is Clc1csc(CNc2ccccc2SC2CCCC2)c1. The minimum atomic E-state index is 0.800. The molecule has 1 aliphatic rings. The lowest BCUT2D eigenvalue weighted by Crippen LogP contribution is -2.01. The van der Waals surface area contributed by atoms with Crippen LogP contribution in [0.3, 0.4) is 0 Å². The number of hydrogen-bond donors (Lipinski definition) is 1. The molecule has 1 aromatic heterocycles. The van der Waals surface area contributed by atoms with Crippen molar-refractivity contribution in [2.45, 2.75) is 42.4 Å². The summed E-state index contributed by atoms with van der Waals surface area (Å²) >= 11 is 9.70. The molecule has 1 aliphatic carbocycles. The Bertz CT molecular complexity index is 561. The summed E-state index contributed by atoms with van der Waals surface area (Å²) in [6.07, 6.45) is 5.50. The van der Waals surface area contributed by atoms with Gasteiger partial charge >= 0.3 is 0 Å². The third kappa shape index (κ3) is 3.72. The Balaban J connectivity index is 1.65. The molecule has 0 aliphatic heterocycles. The Morgan fingerprint density at radius 2 is 2.05 bits per heavy atom. The Labute approximate surface area is 133 Å². The summed E-state index contributed by atoms with van der Waals surface area (Å²) in [5.41, 5.74) is 1.24. The molecule has 0 radical (unpaired) electrons. The van der Waals surface area contributed by atoms with Crippen LogP contribution in [0.5, 0.6) is 0 Å². The van der Waals surface area contributed by atoms with Crippen molar-refractivity contribution in [2.75, 3.05) is 5.32 Å². The van der Waals surface area contributed by atoms with Crippen LogP contribution in [0.25, 0.3) is 0 Å². The number of thiophene rings is 1. The summed E-state index contributed by atoms with van der Waals surface area (Å²) in [6.45, 7) is 0.847. The largest absolute Gasteiger partial charge is 0.379 e. The fraction of sp³-hybridized carbons (Fsp3) is 0.375. The molecule has 0 atom stereocenters. The third-order valence-electron chi connectivity index (χ3n) is 3.56. The maximum atomic E-state index is 5.97. The first-order chi connectivity index (χ1) is 9.81. The second-order valence-corrected chi connectivity index (χ2v) is 7.88. The van der Waals surface area contributed by atoms with Crippen LogP contribution in [-0.4, -0.2) is 5.25 Å². The lowest BCUT2D eigenvalue weighted by Gasteiger charge is -2.14. The average molecular weight is 324 g/mol. The molecule has 1 nitrogen and oxygen atoms in total. The van der Waals surface area contributed by atoms with Crippen molar-refractivity contribution < 1.29 is 0 Å². The number of halogens is 1. The quantitative estimate of drug-likeness (QED) is 0.719. The highest BCUT2D eigenvalue weighted by Crippen LogP contribution is 2.38. The van der Waals surface area contributed by atoms with Gasteiger partial charge in [-0.2, -0.15) is 0 Å². The maximum Gasteiger partial charge on any atom is 0.0516 e. The van der Waals surface area contributed by atoms with Crippen LogP contribution < -0.4 is 5.32 Å². The van der Waals surface area contributed by atoms with Gasteiger partial charge in [-0.3, -0.25) is 0 Å². The van der Waals surface area contributed by atoms with Crippen molar-refractivity contribution in [3.05, 3.63) is 45.6 Å². The molecule has 1 N–H and O–H groups in total. The van der Waals surface area contributed by atoms with E-state index in [1.165, 1.54) is 41.1 Å². The van der Waals surface area contributed by atoms with Crippen molar-refractivity contribution in [1.29, 1.82) is 0 Å². The number of para-hydroxylation sites is 1. The van der Waals surface area contributed by atoms with Gasteiger partial charge in [-0.25, -0.2) is 0 Å². The lowest BCUT2D eigenvalue weighted by atomic mass is 10.3. The first kappa shape index (κ1) is 14.3. The Kier molecular flexibility index (Phi) is 4.92. The fourth-order valence-corrected chi connectivity index (χ4v) is 4.90. The van der Waals surface area contributed by atoms with Crippen LogP contribution in [0.2, 0.25) is 5.02 Å². The normalized spacial score (nSPS) is 15.7. The van der Waals surface area contributed by atoms with E-state index in [-0.39, 0.29) is 0 Å². The zero-order valence-corrected chi connectivity index (χ0v) is 13.7. The molecule has 20 heavy (non-hydrogen) atoms. The van der Waals surface area contributed by atoms with E-state index >= 15 is 0 Å². The van der Waals surface area contributed by atoms with Gasteiger partial charge in [0.05, 0.1) is 5.02 Å². The molecule has 1 fully saturated rings. The van der Waals surface area contributed by atoms with Crippen LogP contribution in [0.4, 0.5) is 5.69 Å². The molecule has 0 bridgehead atoms. The number of benzene rings is 1. The summed E-state index contributed by atoms with van der Waals surface area (Å²) in [6, 6.07) is 10.7. The summed E-state index contributed by atoms with van der Waals surface area (Å²) in [5, 5.41) is 7.17. The molecule has 1 saturated carbocycles. The van der Waals surface area contributed by atoms with Gasteiger partial charge < -0.3 is 5.32 Å². The Morgan fingerprint density at radius 1 is 1.25 bits per heavy atom. The zero-order valence-electron chi connectivity index (χ0n) is 11.3. The zero-order chi connectivity index (χ0) is 13.8. The van der Waals surface area contributed by atoms with Gasteiger partial charge in [0.2, 0.25) is 0 Å². The number of anilines is 1. The minimum absolute atomic E-state index is 0.800. The molecule has 0 unspecified atom stereocenters. The Morgan fingerprint density at radius 3 is 2.80 bits per heavy atom. The van der Waals surface area contributed by atoms with Gasteiger partial charge in [0.1, 0.15) is 0 Å². The molecule has 1 aromatic carbocycles. The van der Waals surface area contributed by atoms with E-state index in [0.717, 1.165) is 16.8 Å². The smallest absolute Gasteiger partial charge is 0.0516 e. The van der Waals surface area contributed by atoms with Crippen LogP contribution in [0, 0.1) is 0 Å². The topological polar surface area (TPSA) is 12.0 Å². The molecule has 2 aromatic rings. The van der Waals surface area contributed by atoms with Crippen LogP contribution in [-0.2, 0) is 6.54 Å². The highest BCUT2D eigenvalue weighted by molar-refractivity contribution is 8.00. The second kappa shape index (κ2) is 6.88. The molecular weight excluding hydrogens is 306 g/mol. The predicted octanol–water partition coefficient (Wildman–Crippen LogP) is 6.05. The second-order valence-electron chi connectivity index (χ2n) is 5.11.